The van der Waals surface area contributed by atoms with E-state index in [-0.39, 0.29) is 0 Å². The third-order valence-corrected chi connectivity index (χ3v) is 4.30. The van der Waals surface area contributed by atoms with Crippen LogP contribution in [0.15, 0.2) is 53.1 Å². The molecule has 0 amide bonds. The molecule has 0 aliphatic heterocycles. The Hall–Kier alpha value is -2.16. The molecular weight excluding hydrogens is 306 g/mol. The van der Waals surface area contributed by atoms with Gasteiger partial charge in [-0.2, -0.15) is 0 Å². The van der Waals surface area contributed by atoms with Gasteiger partial charge in [-0.15, -0.1) is 0 Å². The van der Waals surface area contributed by atoms with E-state index in [9.17, 15) is 0 Å². The van der Waals surface area contributed by atoms with Gasteiger partial charge in [0.15, 0.2) is 0 Å². The van der Waals surface area contributed by atoms with Crippen molar-refractivity contribution in [3.63, 3.8) is 0 Å². The van der Waals surface area contributed by atoms with Crippen molar-refractivity contribution in [2.24, 2.45) is 0 Å². The molecule has 0 saturated carbocycles. The fraction of sp³-hybridized carbons (Fsp3) is 0.455. The van der Waals surface area contributed by atoms with E-state index >= 15 is 0 Å². The smallest absolute Gasteiger partial charge is 0.0601 e. The summed E-state index contributed by atoms with van der Waals surface area (Å²) < 4.78 is 0. The number of hydrogen-bond donors (Lipinski definition) is 2. The van der Waals surface area contributed by atoms with Gasteiger partial charge in [0, 0.05) is 19.3 Å². The average Bonchev–Trinajstić information content (AvgIpc) is 2.52. The molecule has 0 fully saturated rings. The Kier molecular flexibility index (Phi) is 8.90. The molecule has 0 aromatic heterocycles. The molecule has 0 radical (unpaired) electrons. The fourth-order valence-corrected chi connectivity index (χ4v) is 2.65. The van der Waals surface area contributed by atoms with Gasteiger partial charge in [0.25, 0.3) is 0 Å². The summed E-state index contributed by atoms with van der Waals surface area (Å²) >= 11 is 0. The number of hydrogen-bond acceptors (Lipinski definition) is 3. The number of nitrogen functional groups attached to an aromatic ring is 2. The van der Waals surface area contributed by atoms with Crippen molar-refractivity contribution < 1.29 is 0 Å². The Morgan fingerprint density at radius 1 is 0.920 bits per heavy atom. The monoisotopic (exact) mass is 341 g/mol. The molecule has 0 spiro atoms. The second-order valence-corrected chi connectivity index (χ2v) is 7.16. The molecular formula is C22H35N3. The molecule has 1 aromatic rings. The highest BCUT2D eigenvalue weighted by molar-refractivity contribution is 5.71. The molecule has 0 atom stereocenters. The molecule has 0 bridgehead atoms. The van der Waals surface area contributed by atoms with Crippen LogP contribution in [-0.4, -0.2) is 13.6 Å². The van der Waals surface area contributed by atoms with Crippen LogP contribution in [-0.2, 0) is 0 Å². The molecule has 0 aliphatic carbocycles. The standard InChI is InChI=1S/C22H35N3/c1-17(2)8-6-9-18(3)10-7-11-19(4)14-15-25(5)22-13-12-20(23)16-21(22)24/h8,10,12-14,16H,6-7,9,11,15,23-24H2,1-5H3/b18-10+,19-14+. The van der Waals surface area contributed by atoms with Gasteiger partial charge < -0.3 is 16.4 Å². The molecule has 0 saturated heterocycles. The summed E-state index contributed by atoms with van der Waals surface area (Å²) in [5, 5.41) is 0. The number of allylic oxidation sites excluding steroid dienone is 5. The van der Waals surface area contributed by atoms with Gasteiger partial charge in [-0.3, -0.25) is 0 Å². The zero-order valence-electron chi connectivity index (χ0n) is 16.6. The SMILES string of the molecule is CC(C)=CCC/C(C)=C/CC/C(C)=C/CN(C)c1ccc(N)cc1N. The summed E-state index contributed by atoms with van der Waals surface area (Å²) in [6.07, 6.45) is 11.5. The van der Waals surface area contributed by atoms with Crippen LogP contribution in [0, 0.1) is 0 Å². The molecule has 0 aliphatic rings. The van der Waals surface area contributed by atoms with Gasteiger partial charge >= 0.3 is 0 Å². The quantitative estimate of drug-likeness (QED) is 0.447. The van der Waals surface area contributed by atoms with Crippen molar-refractivity contribution in [1.29, 1.82) is 0 Å². The Bertz CT molecular complexity index is 635. The lowest BCUT2D eigenvalue weighted by Gasteiger charge is -2.20. The first kappa shape index (κ1) is 20.9. The highest BCUT2D eigenvalue weighted by Gasteiger charge is 2.04. The minimum Gasteiger partial charge on any atom is -0.399 e. The van der Waals surface area contributed by atoms with Crippen LogP contribution in [0.1, 0.15) is 53.4 Å². The van der Waals surface area contributed by atoms with Crippen molar-refractivity contribution >= 4 is 17.1 Å². The summed E-state index contributed by atoms with van der Waals surface area (Å²) in [5.74, 6) is 0. The number of rotatable bonds is 9. The van der Waals surface area contributed by atoms with Crippen LogP contribution < -0.4 is 16.4 Å². The normalized spacial score (nSPS) is 12.2. The van der Waals surface area contributed by atoms with Crippen LogP contribution in [0.4, 0.5) is 17.1 Å². The third-order valence-electron chi connectivity index (χ3n) is 4.30. The number of nitrogens with two attached hydrogens (primary N) is 2. The second-order valence-electron chi connectivity index (χ2n) is 7.16. The minimum absolute atomic E-state index is 0.702. The summed E-state index contributed by atoms with van der Waals surface area (Å²) in [5.41, 5.74) is 18.5. The third kappa shape index (κ3) is 8.48. The number of nitrogens with zero attached hydrogens (tertiary/aromatic N) is 1. The van der Waals surface area contributed by atoms with Gasteiger partial charge in [0.1, 0.15) is 0 Å². The van der Waals surface area contributed by atoms with Crippen LogP contribution in [0.5, 0.6) is 0 Å². The predicted octanol–water partition coefficient (Wildman–Crippen LogP) is 5.71. The lowest BCUT2D eigenvalue weighted by molar-refractivity contribution is 0.910. The van der Waals surface area contributed by atoms with Gasteiger partial charge in [0.05, 0.1) is 11.4 Å². The van der Waals surface area contributed by atoms with E-state index in [0.29, 0.717) is 5.69 Å². The second kappa shape index (κ2) is 10.7. The molecule has 1 rings (SSSR count). The first-order valence-electron chi connectivity index (χ1n) is 9.10. The molecule has 25 heavy (non-hydrogen) atoms. The minimum atomic E-state index is 0.702. The zero-order valence-corrected chi connectivity index (χ0v) is 16.6. The molecule has 4 N–H and O–H groups in total. The molecule has 3 heteroatoms. The van der Waals surface area contributed by atoms with E-state index in [0.717, 1.165) is 43.6 Å². The maximum atomic E-state index is 6.05. The maximum Gasteiger partial charge on any atom is 0.0601 e. The molecule has 0 heterocycles. The zero-order chi connectivity index (χ0) is 18.8. The van der Waals surface area contributed by atoms with Crippen molar-refractivity contribution in [1.82, 2.24) is 0 Å². The highest BCUT2D eigenvalue weighted by Crippen LogP contribution is 2.24. The number of anilines is 3. The van der Waals surface area contributed by atoms with Gasteiger partial charge in [-0.05, 0) is 71.6 Å². The van der Waals surface area contributed by atoms with Gasteiger partial charge in [0.2, 0.25) is 0 Å². The van der Waals surface area contributed by atoms with E-state index in [1.807, 2.05) is 18.2 Å². The average molecular weight is 342 g/mol. The topological polar surface area (TPSA) is 55.3 Å². The highest BCUT2D eigenvalue weighted by atomic mass is 15.1. The lowest BCUT2D eigenvalue weighted by Crippen LogP contribution is -2.18. The van der Waals surface area contributed by atoms with Crippen molar-refractivity contribution in [3.05, 3.63) is 53.1 Å². The van der Waals surface area contributed by atoms with E-state index in [1.165, 1.54) is 16.7 Å². The van der Waals surface area contributed by atoms with Gasteiger partial charge in [-0.25, -0.2) is 0 Å². The molecule has 3 nitrogen and oxygen atoms in total. The van der Waals surface area contributed by atoms with Crippen LogP contribution in [0.3, 0.4) is 0 Å². The van der Waals surface area contributed by atoms with E-state index < -0.39 is 0 Å². The number of benzene rings is 1. The molecule has 138 valence electrons. The number of likely N-dealkylation sites (N-methyl/N-ethyl adjacent to an activating group) is 1. The van der Waals surface area contributed by atoms with E-state index in [2.05, 4.69) is 57.9 Å². The first-order valence-corrected chi connectivity index (χ1v) is 9.10. The Labute approximate surface area is 154 Å². The Balaban J connectivity index is 2.44. The fourth-order valence-electron chi connectivity index (χ4n) is 2.65. The summed E-state index contributed by atoms with van der Waals surface area (Å²) in [6.45, 7) is 9.59. The summed E-state index contributed by atoms with van der Waals surface area (Å²) in [6, 6.07) is 5.68. The maximum absolute atomic E-state index is 6.05. The Morgan fingerprint density at radius 2 is 1.52 bits per heavy atom. The van der Waals surface area contributed by atoms with Crippen LogP contribution in [0.2, 0.25) is 0 Å². The lowest BCUT2D eigenvalue weighted by atomic mass is 10.1. The summed E-state index contributed by atoms with van der Waals surface area (Å²) in [7, 11) is 2.05. The molecule has 1 aromatic carbocycles. The first-order chi connectivity index (χ1) is 11.8. The van der Waals surface area contributed by atoms with E-state index in [1.54, 1.807) is 0 Å². The van der Waals surface area contributed by atoms with Crippen molar-refractivity contribution in [3.8, 4) is 0 Å². The largest absolute Gasteiger partial charge is 0.399 e. The van der Waals surface area contributed by atoms with Crippen LogP contribution >= 0.6 is 0 Å². The molecule has 0 unspecified atom stereocenters. The van der Waals surface area contributed by atoms with E-state index in [4.69, 9.17) is 11.5 Å². The van der Waals surface area contributed by atoms with Crippen molar-refractivity contribution in [2.75, 3.05) is 30.0 Å². The Morgan fingerprint density at radius 3 is 2.12 bits per heavy atom. The van der Waals surface area contributed by atoms with Crippen LogP contribution in [0.25, 0.3) is 0 Å². The summed E-state index contributed by atoms with van der Waals surface area (Å²) in [4.78, 5) is 2.15. The van der Waals surface area contributed by atoms with Crippen molar-refractivity contribution in [2.45, 2.75) is 53.4 Å². The predicted molar refractivity (Wildman–Crippen MR) is 114 cm³/mol. The van der Waals surface area contributed by atoms with Gasteiger partial charge in [-0.1, -0.05) is 34.9 Å².